The van der Waals surface area contributed by atoms with Gasteiger partial charge in [-0.1, -0.05) is 37.7 Å². The van der Waals surface area contributed by atoms with Crippen molar-refractivity contribution in [2.24, 2.45) is 0 Å². The largest absolute Gasteiger partial charge is 0.492 e. The van der Waals surface area contributed by atoms with Gasteiger partial charge in [0.1, 0.15) is 5.75 Å². The Morgan fingerprint density at radius 2 is 2.12 bits per heavy atom. The van der Waals surface area contributed by atoms with Crippen LogP contribution in [-0.4, -0.2) is 33.5 Å². The first-order chi connectivity index (χ1) is 12.5. The quantitative estimate of drug-likeness (QED) is 0.501. The topological polar surface area (TPSA) is 84.1 Å². The van der Waals surface area contributed by atoms with Gasteiger partial charge < -0.3 is 15.0 Å². The third-order valence-electron chi connectivity index (χ3n) is 3.14. The number of rotatable bonds is 9. The molecule has 0 aliphatic rings. The summed E-state index contributed by atoms with van der Waals surface area (Å²) in [6.07, 6.45) is 0. The van der Waals surface area contributed by atoms with Gasteiger partial charge in [0.25, 0.3) is 5.56 Å². The van der Waals surface area contributed by atoms with Crippen molar-refractivity contribution in [1.82, 2.24) is 9.97 Å². The minimum absolute atomic E-state index is 0.143. The Hall–Kier alpha value is -1.93. The fourth-order valence-electron chi connectivity index (χ4n) is 2.05. The summed E-state index contributed by atoms with van der Waals surface area (Å²) in [4.78, 5) is 31.1. The molecule has 0 saturated heterocycles. The van der Waals surface area contributed by atoms with Crippen LogP contribution < -0.4 is 15.6 Å². The summed E-state index contributed by atoms with van der Waals surface area (Å²) in [5, 5.41) is 3.74. The van der Waals surface area contributed by atoms with Crippen molar-refractivity contribution in [3.63, 3.8) is 0 Å². The second-order valence-corrected chi connectivity index (χ2v) is 8.20. The summed E-state index contributed by atoms with van der Waals surface area (Å²) < 4.78 is 5.49. The molecule has 0 saturated carbocycles. The van der Waals surface area contributed by atoms with E-state index in [1.54, 1.807) is 23.9 Å². The number of thioether (sulfide) groups is 2. The van der Waals surface area contributed by atoms with E-state index >= 15 is 0 Å². The number of carbonyl (C=O) groups excluding carboxylic acids is 1. The van der Waals surface area contributed by atoms with Crippen LogP contribution in [0.25, 0.3) is 0 Å². The lowest BCUT2D eigenvalue weighted by atomic mass is 10.3. The molecule has 2 N–H and O–H groups in total. The molecular formula is C18H23N3O3S2. The number of anilines is 1. The van der Waals surface area contributed by atoms with Crippen LogP contribution in [-0.2, 0) is 10.5 Å². The van der Waals surface area contributed by atoms with Crippen LogP contribution in [0, 0.1) is 0 Å². The normalized spacial score (nSPS) is 10.8. The van der Waals surface area contributed by atoms with Crippen LogP contribution in [0.15, 0.2) is 40.3 Å². The lowest BCUT2D eigenvalue weighted by Crippen LogP contribution is -2.16. The van der Waals surface area contributed by atoms with Gasteiger partial charge in [0.15, 0.2) is 5.16 Å². The van der Waals surface area contributed by atoms with Gasteiger partial charge in [-0.2, -0.15) is 11.8 Å². The van der Waals surface area contributed by atoms with E-state index in [1.165, 1.54) is 17.8 Å². The van der Waals surface area contributed by atoms with E-state index in [1.807, 2.05) is 19.1 Å². The van der Waals surface area contributed by atoms with Crippen molar-refractivity contribution < 1.29 is 9.53 Å². The number of nitrogens with one attached hydrogen (secondary N) is 2. The van der Waals surface area contributed by atoms with Crippen molar-refractivity contribution in [3.05, 3.63) is 46.4 Å². The van der Waals surface area contributed by atoms with Crippen LogP contribution in [0.1, 0.15) is 26.5 Å². The van der Waals surface area contributed by atoms with E-state index in [4.69, 9.17) is 4.74 Å². The molecule has 0 aliphatic heterocycles. The molecule has 1 heterocycles. The van der Waals surface area contributed by atoms with Crippen LogP contribution in [0.3, 0.4) is 0 Å². The summed E-state index contributed by atoms with van der Waals surface area (Å²) in [7, 11) is 0. The Balaban J connectivity index is 1.96. The highest BCUT2D eigenvalue weighted by Crippen LogP contribution is 2.24. The number of carbonyl (C=O) groups is 1. The minimum atomic E-state index is -0.205. The maximum Gasteiger partial charge on any atom is 0.251 e. The molecule has 0 spiro atoms. The fraction of sp³-hybridized carbons (Fsp3) is 0.389. The number of benzene rings is 1. The first-order valence-corrected chi connectivity index (χ1v) is 10.4. The summed E-state index contributed by atoms with van der Waals surface area (Å²) in [5.74, 6) is 1.26. The second-order valence-electron chi connectivity index (χ2n) is 5.67. The third-order valence-corrected chi connectivity index (χ3v) is 5.14. The lowest BCUT2D eigenvalue weighted by Gasteiger charge is -2.11. The summed E-state index contributed by atoms with van der Waals surface area (Å²) in [6, 6.07) is 8.78. The number of amides is 1. The predicted octanol–water partition coefficient (Wildman–Crippen LogP) is 3.54. The molecular weight excluding hydrogens is 370 g/mol. The van der Waals surface area contributed by atoms with Crippen molar-refractivity contribution in [2.45, 2.75) is 36.9 Å². The van der Waals surface area contributed by atoms with Gasteiger partial charge in [0, 0.05) is 11.8 Å². The Morgan fingerprint density at radius 3 is 2.85 bits per heavy atom. The number of ether oxygens (including phenoxy) is 1. The minimum Gasteiger partial charge on any atom is -0.492 e. The fourth-order valence-corrected chi connectivity index (χ4v) is 3.40. The van der Waals surface area contributed by atoms with Gasteiger partial charge in [0.2, 0.25) is 5.91 Å². The number of aromatic nitrogens is 2. The Morgan fingerprint density at radius 1 is 1.35 bits per heavy atom. The average Bonchev–Trinajstić information content (AvgIpc) is 2.60. The van der Waals surface area contributed by atoms with Crippen molar-refractivity contribution >= 4 is 35.1 Å². The van der Waals surface area contributed by atoms with Gasteiger partial charge in [0.05, 0.1) is 23.7 Å². The highest BCUT2D eigenvalue weighted by molar-refractivity contribution is 7.99. The zero-order chi connectivity index (χ0) is 18.9. The number of nitrogens with zero attached hydrogens (tertiary/aromatic N) is 1. The monoisotopic (exact) mass is 393 g/mol. The molecule has 0 aliphatic carbocycles. The second kappa shape index (κ2) is 10.3. The van der Waals surface area contributed by atoms with E-state index in [2.05, 4.69) is 29.1 Å². The zero-order valence-electron chi connectivity index (χ0n) is 15.1. The SMILES string of the molecule is CCOc1ccccc1NC(=O)CSc1nc(CSC(C)C)cc(=O)[nH]1. The average molecular weight is 394 g/mol. The maximum absolute atomic E-state index is 12.2. The number of aromatic amines is 1. The van der Waals surface area contributed by atoms with Crippen LogP contribution in [0.2, 0.25) is 0 Å². The molecule has 0 radical (unpaired) electrons. The summed E-state index contributed by atoms with van der Waals surface area (Å²) in [6.45, 7) is 6.60. The Labute approximate surface area is 161 Å². The molecule has 8 heteroatoms. The van der Waals surface area contributed by atoms with E-state index in [0.717, 1.165) is 5.69 Å². The van der Waals surface area contributed by atoms with Gasteiger partial charge in [-0.15, -0.1) is 0 Å². The van der Waals surface area contributed by atoms with Gasteiger partial charge in [-0.05, 0) is 24.3 Å². The summed E-state index contributed by atoms with van der Waals surface area (Å²) in [5.41, 5.74) is 1.14. The highest BCUT2D eigenvalue weighted by atomic mass is 32.2. The molecule has 140 valence electrons. The zero-order valence-corrected chi connectivity index (χ0v) is 16.7. The molecule has 26 heavy (non-hydrogen) atoms. The van der Waals surface area contributed by atoms with Crippen molar-refractivity contribution in [2.75, 3.05) is 17.7 Å². The van der Waals surface area contributed by atoms with Crippen molar-refractivity contribution in [1.29, 1.82) is 0 Å². The van der Waals surface area contributed by atoms with E-state index in [9.17, 15) is 9.59 Å². The highest BCUT2D eigenvalue weighted by Gasteiger charge is 2.10. The molecule has 0 atom stereocenters. The molecule has 0 fully saturated rings. The van der Waals surface area contributed by atoms with E-state index in [-0.39, 0.29) is 17.2 Å². The van der Waals surface area contributed by atoms with Crippen molar-refractivity contribution in [3.8, 4) is 5.75 Å². The standard InChI is InChI=1S/C18H23N3O3S2/c1-4-24-15-8-6-5-7-14(15)20-17(23)11-26-18-19-13(9-16(22)21-18)10-25-12(2)3/h5-9,12H,4,10-11H2,1-3H3,(H,20,23)(H,19,21,22). The predicted molar refractivity (Wildman–Crippen MR) is 108 cm³/mol. The molecule has 1 aromatic heterocycles. The number of hydrogen-bond acceptors (Lipinski definition) is 6. The lowest BCUT2D eigenvalue weighted by molar-refractivity contribution is -0.113. The number of para-hydroxylation sites is 2. The first-order valence-electron chi connectivity index (χ1n) is 8.34. The van der Waals surface area contributed by atoms with Gasteiger partial charge in [-0.25, -0.2) is 4.98 Å². The molecule has 1 amide bonds. The molecule has 1 aromatic carbocycles. The van der Waals surface area contributed by atoms with E-state index in [0.29, 0.717) is 34.2 Å². The molecule has 6 nitrogen and oxygen atoms in total. The Bertz CT molecular complexity index is 793. The first kappa shape index (κ1) is 20.4. The van der Waals surface area contributed by atoms with E-state index < -0.39 is 0 Å². The smallest absolute Gasteiger partial charge is 0.251 e. The maximum atomic E-state index is 12.2. The molecule has 0 unspecified atom stereocenters. The van der Waals surface area contributed by atoms with Gasteiger partial charge >= 0.3 is 0 Å². The number of hydrogen-bond donors (Lipinski definition) is 2. The molecule has 2 aromatic rings. The Kier molecular flexibility index (Phi) is 8.06. The third kappa shape index (κ3) is 6.76. The molecule has 2 rings (SSSR count). The van der Waals surface area contributed by atoms with Gasteiger partial charge in [-0.3, -0.25) is 9.59 Å². The summed E-state index contributed by atoms with van der Waals surface area (Å²) >= 11 is 2.92. The van der Waals surface area contributed by atoms with Crippen LogP contribution in [0.4, 0.5) is 5.69 Å². The number of H-pyrrole nitrogens is 1. The van der Waals surface area contributed by atoms with Crippen LogP contribution >= 0.6 is 23.5 Å². The molecule has 0 bridgehead atoms. The van der Waals surface area contributed by atoms with Crippen LogP contribution in [0.5, 0.6) is 5.75 Å².